The lowest BCUT2D eigenvalue weighted by molar-refractivity contribution is -0.113. The van der Waals surface area contributed by atoms with Crippen molar-refractivity contribution in [2.45, 2.75) is 23.6 Å². The van der Waals surface area contributed by atoms with E-state index in [1.165, 1.54) is 22.9 Å². The van der Waals surface area contributed by atoms with Crippen LogP contribution >= 0.6 is 39.5 Å². The van der Waals surface area contributed by atoms with Gasteiger partial charge >= 0.3 is 0 Å². The Hall–Kier alpha value is -1.42. The number of carbonyl (C=O) groups excluding carboxylic acids is 1. The lowest BCUT2D eigenvalue weighted by Gasteiger charge is -2.09. The molecule has 0 atom stereocenters. The molecule has 3 nitrogen and oxygen atoms in total. The van der Waals surface area contributed by atoms with Crippen molar-refractivity contribution in [3.63, 3.8) is 0 Å². The first-order valence-electron chi connectivity index (χ1n) is 6.85. The molecule has 0 saturated carbocycles. The molecule has 2 aromatic carbocycles. The molecule has 6 heteroatoms. The molecular formula is C17H15BrN2OS2. The number of rotatable bonds is 5. The van der Waals surface area contributed by atoms with Crippen LogP contribution in [0.25, 0.3) is 0 Å². The van der Waals surface area contributed by atoms with Gasteiger partial charge in [0.2, 0.25) is 5.91 Å². The second-order valence-corrected chi connectivity index (χ2v) is 7.67. The average molecular weight is 407 g/mol. The first-order chi connectivity index (χ1) is 11.0. The summed E-state index contributed by atoms with van der Waals surface area (Å²) < 4.78 is 0.767. The highest BCUT2D eigenvalue weighted by Crippen LogP contribution is 2.29. The first-order valence-corrected chi connectivity index (χ1v) is 9.44. The van der Waals surface area contributed by atoms with Gasteiger partial charge in [0.15, 0.2) is 0 Å². The summed E-state index contributed by atoms with van der Waals surface area (Å²) in [5.74, 6) is 0.295. The summed E-state index contributed by atoms with van der Waals surface area (Å²) in [5, 5.41) is 13.6. The Kier molecular flexibility index (Phi) is 6.58. The number of hydrogen-bond donors (Lipinski definition) is 1. The number of halogens is 1. The first kappa shape index (κ1) is 17.9. The van der Waals surface area contributed by atoms with Gasteiger partial charge in [-0.3, -0.25) is 4.79 Å². The summed E-state index contributed by atoms with van der Waals surface area (Å²) in [6.45, 7) is 4.09. The van der Waals surface area contributed by atoms with Gasteiger partial charge in [-0.2, -0.15) is 5.26 Å². The van der Waals surface area contributed by atoms with E-state index in [2.05, 4.69) is 39.4 Å². The van der Waals surface area contributed by atoms with Crippen LogP contribution < -0.4 is 5.32 Å². The molecule has 0 bridgehead atoms. The van der Waals surface area contributed by atoms with Crippen LogP contribution in [0, 0.1) is 24.5 Å². The van der Waals surface area contributed by atoms with Crippen LogP contribution in [0.5, 0.6) is 0 Å². The molecule has 0 heterocycles. The fourth-order valence-corrected chi connectivity index (χ4v) is 3.88. The number of nitrogens with one attached hydrogen (secondary N) is 1. The Morgan fingerprint density at radius 3 is 2.74 bits per heavy atom. The number of nitrogens with zero attached hydrogens (tertiary/aromatic N) is 1. The average Bonchev–Trinajstić information content (AvgIpc) is 2.51. The molecule has 1 amide bonds. The van der Waals surface area contributed by atoms with E-state index in [1.807, 2.05) is 31.4 Å². The molecule has 2 aromatic rings. The highest BCUT2D eigenvalue weighted by molar-refractivity contribution is 9.10. The van der Waals surface area contributed by atoms with Gasteiger partial charge in [0, 0.05) is 14.3 Å². The fourth-order valence-electron chi connectivity index (χ4n) is 1.91. The van der Waals surface area contributed by atoms with Crippen LogP contribution in [-0.2, 0) is 4.79 Å². The van der Waals surface area contributed by atoms with Crippen LogP contribution in [0.2, 0.25) is 0 Å². The SMILES string of the molecule is Cc1ccc(C)c(SCC(=O)Nc2ccc(SC#N)cc2Br)c1. The maximum atomic E-state index is 12.1. The molecule has 0 aliphatic carbocycles. The van der Waals surface area contributed by atoms with Crippen molar-refractivity contribution in [1.29, 1.82) is 5.26 Å². The maximum absolute atomic E-state index is 12.1. The monoisotopic (exact) mass is 406 g/mol. The molecule has 0 aliphatic rings. The number of amides is 1. The van der Waals surface area contributed by atoms with E-state index < -0.39 is 0 Å². The molecule has 0 radical (unpaired) electrons. The van der Waals surface area contributed by atoms with E-state index in [0.29, 0.717) is 11.4 Å². The number of aryl methyl sites for hydroxylation is 2. The molecular weight excluding hydrogens is 392 g/mol. The van der Waals surface area contributed by atoms with E-state index >= 15 is 0 Å². The topological polar surface area (TPSA) is 52.9 Å². The van der Waals surface area contributed by atoms with Crippen molar-refractivity contribution >= 4 is 51.0 Å². The van der Waals surface area contributed by atoms with Crippen LogP contribution in [0.3, 0.4) is 0 Å². The van der Waals surface area contributed by atoms with Crippen LogP contribution in [0.15, 0.2) is 50.7 Å². The molecule has 1 N–H and O–H groups in total. The Morgan fingerprint density at radius 2 is 2.04 bits per heavy atom. The molecule has 0 unspecified atom stereocenters. The quantitative estimate of drug-likeness (QED) is 0.535. The highest BCUT2D eigenvalue weighted by Gasteiger charge is 2.08. The number of nitriles is 1. The Labute approximate surface area is 153 Å². The van der Waals surface area contributed by atoms with Gasteiger partial charge in [0.25, 0.3) is 0 Å². The van der Waals surface area contributed by atoms with Gasteiger partial charge in [0.1, 0.15) is 5.40 Å². The Bertz CT molecular complexity index is 772. The zero-order valence-corrected chi connectivity index (χ0v) is 15.9. The zero-order chi connectivity index (χ0) is 16.8. The number of thioether (sulfide) groups is 2. The summed E-state index contributed by atoms with van der Waals surface area (Å²) >= 11 is 6.04. The number of hydrogen-bond acceptors (Lipinski definition) is 4. The fraction of sp³-hybridized carbons (Fsp3) is 0.176. The standard InChI is InChI=1S/C17H15BrN2OS2/c1-11-3-4-12(2)16(7-11)22-9-17(21)20-15-6-5-13(23-10-19)8-14(15)18/h3-8H,9H2,1-2H3,(H,20,21). The smallest absolute Gasteiger partial charge is 0.234 e. The number of benzene rings is 2. The molecule has 0 fully saturated rings. The summed E-state index contributed by atoms with van der Waals surface area (Å²) in [7, 11) is 0. The van der Waals surface area contributed by atoms with Crippen molar-refractivity contribution < 1.29 is 4.79 Å². The second kappa shape index (κ2) is 8.44. The summed E-state index contributed by atoms with van der Waals surface area (Å²) in [6, 6.07) is 11.7. The third kappa shape index (κ3) is 5.31. The molecule has 118 valence electrons. The summed E-state index contributed by atoms with van der Waals surface area (Å²) in [6.07, 6.45) is 0. The van der Waals surface area contributed by atoms with Gasteiger partial charge in [0.05, 0.1) is 11.4 Å². The van der Waals surface area contributed by atoms with E-state index in [4.69, 9.17) is 5.26 Å². The van der Waals surface area contributed by atoms with Crippen LogP contribution in [0.1, 0.15) is 11.1 Å². The molecule has 0 aliphatic heterocycles. The van der Waals surface area contributed by atoms with Gasteiger partial charge in [-0.05, 0) is 71.4 Å². The Morgan fingerprint density at radius 1 is 1.26 bits per heavy atom. The number of carbonyl (C=O) groups is 1. The minimum absolute atomic E-state index is 0.0581. The minimum atomic E-state index is -0.0581. The normalized spacial score (nSPS) is 10.2. The largest absolute Gasteiger partial charge is 0.324 e. The van der Waals surface area contributed by atoms with E-state index in [9.17, 15) is 4.79 Å². The van der Waals surface area contributed by atoms with Gasteiger partial charge in [-0.15, -0.1) is 11.8 Å². The van der Waals surface area contributed by atoms with Gasteiger partial charge < -0.3 is 5.32 Å². The van der Waals surface area contributed by atoms with E-state index in [-0.39, 0.29) is 5.91 Å². The minimum Gasteiger partial charge on any atom is -0.324 e. The van der Waals surface area contributed by atoms with Crippen LogP contribution in [0.4, 0.5) is 5.69 Å². The molecule has 0 aromatic heterocycles. The van der Waals surface area contributed by atoms with Gasteiger partial charge in [-0.1, -0.05) is 17.7 Å². The molecule has 23 heavy (non-hydrogen) atoms. The number of anilines is 1. The van der Waals surface area contributed by atoms with Gasteiger partial charge in [-0.25, -0.2) is 0 Å². The maximum Gasteiger partial charge on any atom is 0.234 e. The van der Waals surface area contributed by atoms with Crippen LogP contribution in [-0.4, -0.2) is 11.7 Å². The molecule has 0 saturated heterocycles. The van der Waals surface area contributed by atoms with Crippen molar-refractivity contribution in [3.8, 4) is 5.40 Å². The highest BCUT2D eigenvalue weighted by atomic mass is 79.9. The zero-order valence-electron chi connectivity index (χ0n) is 12.7. The van der Waals surface area contributed by atoms with Crippen molar-refractivity contribution in [2.75, 3.05) is 11.1 Å². The summed E-state index contributed by atoms with van der Waals surface area (Å²) in [4.78, 5) is 14.1. The van der Waals surface area contributed by atoms with Crippen molar-refractivity contribution in [3.05, 3.63) is 52.0 Å². The third-order valence-electron chi connectivity index (χ3n) is 3.08. The lowest BCUT2D eigenvalue weighted by Crippen LogP contribution is -2.14. The molecule has 2 rings (SSSR count). The lowest BCUT2D eigenvalue weighted by atomic mass is 10.2. The predicted molar refractivity (Wildman–Crippen MR) is 101 cm³/mol. The molecule has 0 spiro atoms. The van der Waals surface area contributed by atoms with Crippen molar-refractivity contribution in [2.24, 2.45) is 0 Å². The predicted octanol–water partition coefficient (Wildman–Crippen LogP) is 5.37. The second-order valence-electron chi connectivity index (χ2n) is 4.94. The van der Waals surface area contributed by atoms with Crippen molar-refractivity contribution in [1.82, 2.24) is 0 Å². The van der Waals surface area contributed by atoms with E-state index in [1.54, 1.807) is 6.07 Å². The van der Waals surface area contributed by atoms with E-state index in [0.717, 1.165) is 26.0 Å². The summed E-state index contributed by atoms with van der Waals surface area (Å²) in [5.41, 5.74) is 3.07. The Balaban J connectivity index is 1.97. The third-order valence-corrected chi connectivity index (χ3v) is 5.47. The number of thiocyanates is 1.